The van der Waals surface area contributed by atoms with Crippen LogP contribution in [-0.4, -0.2) is 35.9 Å². The highest BCUT2D eigenvalue weighted by molar-refractivity contribution is 7.14. The molecule has 0 unspecified atom stereocenters. The minimum Gasteiger partial charge on any atom is -0.481 e. The molecule has 1 aromatic heterocycles. The van der Waals surface area contributed by atoms with E-state index in [-0.39, 0.29) is 25.5 Å². The molecule has 1 aromatic carbocycles. The van der Waals surface area contributed by atoms with E-state index < -0.39 is 5.97 Å². The number of nitrogens with zero attached hydrogens (tertiary/aromatic N) is 1. The van der Waals surface area contributed by atoms with Crippen molar-refractivity contribution >= 4 is 28.3 Å². The number of aliphatic carboxylic acids is 1. The van der Waals surface area contributed by atoms with Crippen LogP contribution in [-0.2, 0) is 14.3 Å². The predicted molar refractivity (Wildman–Crippen MR) is 85.6 cm³/mol. The fraction of sp³-hybridized carbons (Fsp3) is 0.267. The average Bonchev–Trinajstić information content (AvgIpc) is 3.00. The lowest BCUT2D eigenvalue weighted by Crippen LogP contribution is -2.12. The van der Waals surface area contributed by atoms with Crippen LogP contribution in [0.25, 0.3) is 11.3 Å². The Morgan fingerprint density at radius 2 is 2.00 bits per heavy atom. The van der Waals surface area contributed by atoms with E-state index in [1.165, 1.54) is 11.3 Å². The SMILES string of the molecule is COCOc1ccc(-c2csc(NC(=O)CCC(=O)O)n2)cc1. The van der Waals surface area contributed by atoms with E-state index >= 15 is 0 Å². The van der Waals surface area contributed by atoms with Crippen molar-refractivity contribution in [2.75, 3.05) is 19.2 Å². The molecule has 0 radical (unpaired) electrons. The minimum atomic E-state index is -1.00. The number of nitrogens with one attached hydrogen (secondary N) is 1. The van der Waals surface area contributed by atoms with Gasteiger partial charge in [0.25, 0.3) is 0 Å². The summed E-state index contributed by atoms with van der Waals surface area (Å²) < 4.78 is 10.1. The molecule has 2 rings (SSSR count). The molecule has 0 aliphatic rings. The predicted octanol–water partition coefficient (Wildman–Crippen LogP) is 2.60. The van der Waals surface area contributed by atoms with Crippen molar-refractivity contribution in [1.29, 1.82) is 0 Å². The molecule has 0 fully saturated rings. The number of carbonyl (C=O) groups excluding carboxylic acids is 1. The highest BCUT2D eigenvalue weighted by Gasteiger charge is 2.09. The van der Waals surface area contributed by atoms with Crippen LogP contribution in [0.4, 0.5) is 5.13 Å². The second-order valence-corrected chi connectivity index (χ2v) is 5.41. The van der Waals surface area contributed by atoms with Crippen molar-refractivity contribution in [3.05, 3.63) is 29.6 Å². The first-order chi connectivity index (χ1) is 11.1. The van der Waals surface area contributed by atoms with Crippen molar-refractivity contribution in [3.8, 4) is 17.0 Å². The first kappa shape index (κ1) is 16.9. The Labute approximate surface area is 136 Å². The molecule has 122 valence electrons. The first-order valence-electron chi connectivity index (χ1n) is 6.78. The number of anilines is 1. The Morgan fingerprint density at radius 1 is 1.26 bits per heavy atom. The highest BCUT2D eigenvalue weighted by atomic mass is 32.1. The second kappa shape index (κ2) is 8.25. The van der Waals surface area contributed by atoms with Crippen LogP contribution in [0.5, 0.6) is 5.75 Å². The summed E-state index contributed by atoms with van der Waals surface area (Å²) in [5.74, 6) is -0.680. The number of carboxylic acid groups (broad SMARTS) is 1. The minimum absolute atomic E-state index is 0.0736. The van der Waals surface area contributed by atoms with Gasteiger partial charge in [0.15, 0.2) is 11.9 Å². The van der Waals surface area contributed by atoms with Gasteiger partial charge in [0.05, 0.1) is 12.1 Å². The quantitative estimate of drug-likeness (QED) is 0.719. The van der Waals surface area contributed by atoms with Crippen molar-refractivity contribution < 1.29 is 24.2 Å². The Morgan fingerprint density at radius 3 is 2.65 bits per heavy atom. The first-order valence-corrected chi connectivity index (χ1v) is 7.66. The third-order valence-electron chi connectivity index (χ3n) is 2.81. The number of carbonyl (C=O) groups is 2. The molecule has 0 atom stereocenters. The van der Waals surface area contributed by atoms with Gasteiger partial charge in [-0.05, 0) is 24.3 Å². The van der Waals surface area contributed by atoms with E-state index in [4.69, 9.17) is 14.6 Å². The molecular weight excluding hydrogens is 320 g/mol. The van der Waals surface area contributed by atoms with E-state index in [2.05, 4.69) is 10.3 Å². The van der Waals surface area contributed by atoms with Crippen LogP contribution in [0.3, 0.4) is 0 Å². The summed E-state index contributed by atoms with van der Waals surface area (Å²) in [6.45, 7) is 0.183. The monoisotopic (exact) mass is 336 g/mol. The molecule has 2 aromatic rings. The Bertz CT molecular complexity index is 669. The second-order valence-electron chi connectivity index (χ2n) is 4.56. The van der Waals surface area contributed by atoms with E-state index in [0.717, 1.165) is 11.3 Å². The van der Waals surface area contributed by atoms with Gasteiger partial charge in [-0.3, -0.25) is 9.59 Å². The topological polar surface area (TPSA) is 97.8 Å². The number of ether oxygens (including phenoxy) is 2. The molecule has 1 amide bonds. The summed E-state index contributed by atoms with van der Waals surface area (Å²) in [6.07, 6.45) is -0.275. The van der Waals surface area contributed by atoms with Gasteiger partial charge in [-0.25, -0.2) is 4.98 Å². The maximum absolute atomic E-state index is 11.6. The molecule has 1 heterocycles. The molecule has 8 heteroatoms. The van der Waals surface area contributed by atoms with Crippen LogP contribution in [0.2, 0.25) is 0 Å². The third kappa shape index (κ3) is 5.35. The number of hydrogen-bond donors (Lipinski definition) is 2. The maximum Gasteiger partial charge on any atom is 0.303 e. The summed E-state index contributed by atoms with van der Waals surface area (Å²) in [4.78, 5) is 26.3. The number of rotatable bonds is 8. The van der Waals surface area contributed by atoms with Gasteiger partial charge in [0, 0.05) is 24.5 Å². The fourth-order valence-electron chi connectivity index (χ4n) is 1.71. The summed E-state index contributed by atoms with van der Waals surface area (Å²) >= 11 is 1.28. The maximum atomic E-state index is 11.6. The van der Waals surface area contributed by atoms with E-state index in [1.807, 2.05) is 17.5 Å². The van der Waals surface area contributed by atoms with E-state index in [1.54, 1.807) is 19.2 Å². The van der Waals surface area contributed by atoms with Gasteiger partial charge in [-0.15, -0.1) is 11.3 Å². The van der Waals surface area contributed by atoms with E-state index in [9.17, 15) is 9.59 Å². The van der Waals surface area contributed by atoms with E-state index in [0.29, 0.717) is 10.9 Å². The molecule has 0 aliphatic carbocycles. The summed E-state index contributed by atoms with van der Waals surface area (Å²) in [5.41, 5.74) is 1.61. The lowest BCUT2D eigenvalue weighted by atomic mass is 10.2. The number of thiazole rings is 1. The largest absolute Gasteiger partial charge is 0.481 e. The molecule has 0 aliphatic heterocycles. The highest BCUT2D eigenvalue weighted by Crippen LogP contribution is 2.26. The molecule has 0 spiro atoms. The smallest absolute Gasteiger partial charge is 0.303 e. The van der Waals surface area contributed by atoms with Gasteiger partial charge in [0.1, 0.15) is 5.75 Å². The molecule has 0 saturated carbocycles. The number of aromatic nitrogens is 1. The van der Waals surface area contributed by atoms with Crippen molar-refractivity contribution in [1.82, 2.24) is 4.98 Å². The average molecular weight is 336 g/mol. The number of amides is 1. The van der Waals surface area contributed by atoms with Crippen LogP contribution in [0, 0.1) is 0 Å². The van der Waals surface area contributed by atoms with Crippen LogP contribution < -0.4 is 10.1 Å². The van der Waals surface area contributed by atoms with Gasteiger partial charge >= 0.3 is 5.97 Å². The zero-order valence-corrected chi connectivity index (χ0v) is 13.3. The molecule has 23 heavy (non-hydrogen) atoms. The zero-order chi connectivity index (χ0) is 16.7. The van der Waals surface area contributed by atoms with Crippen LogP contribution in [0.1, 0.15) is 12.8 Å². The Kier molecular flexibility index (Phi) is 6.07. The normalized spacial score (nSPS) is 10.3. The fourth-order valence-corrected chi connectivity index (χ4v) is 2.45. The number of carboxylic acids is 1. The summed E-state index contributed by atoms with van der Waals surface area (Å²) in [6, 6.07) is 7.32. The zero-order valence-electron chi connectivity index (χ0n) is 12.4. The van der Waals surface area contributed by atoms with Gasteiger partial charge in [0.2, 0.25) is 5.91 Å². The number of hydrogen-bond acceptors (Lipinski definition) is 6. The van der Waals surface area contributed by atoms with Gasteiger partial charge < -0.3 is 19.9 Å². The standard InChI is InChI=1S/C15H16N2O5S/c1-21-9-22-11-4-2-10(3-5-11)12-8-23-15(16-12)17-13(18)6-7-14(19)20/h2-5,8H,6-7,9H2,1H3,(H,19,20)(H,16,17,18). The van der Waals surface area contributed by atoms with Crippen molar-refractivity contribution in [2.24, 2.45) is 0 Å². The molecule has 0 bridgehead atoms. The summed E-state index contributed by atoms with van der Waals surface area (Å²) in [5, 5.41) is 13.4. The van der Waals surface area contributed by atoms with Crippen LogP contribution in [0.15, 0.2) is 29.6 Å². The van der Waals surface area contributed by atoms with Crippen molar-refractivity contribution in [2.45, 2.75) is 12.8 Å². The Balaban J connectivity index is 1.95. The lowest BCUT2D eigenvalue weighted by Gasteiger charge is -2.04. The molecule has 7 nitrogen and oxygen atoms in total. The molecular formula is C15H16N2O5S. The number of benzene rings is 1. The molecule has 2 N–H and O–H groups in total. The van der Waals surface area contributed by atoms with Gasteiger partial charge in [-0.1, -0.05) is 0 Å². The Hall–Kier alpha value is -2.45. The summed E-state index contributed by atoms with van der Waals surface area (Å²) in [7, 11) is 1.55. The van der Waals surface area contributed by atoms with Crippen molar-refractivity contribution in [3.63, 3.8) is 0 Å². The lowest BCUT2D eigenvalue weighted by molar-refractivity contribution is -0.138. The number of methoxy groups -OCH3 is 1. The van der Waals surface area contributed by atoms with Crippen LogP contribution >= 0.6 is 11.3 Å². The molecule has 0 saturated heterocycles. The van der Waals surface area contributed by atoms with Gasteiger partial charge in [-0.2, -0.15) is 0 Å². The third-order valence-corrected chi connectivity index (χ3v) is 3.57.